The number of ether oxygens (including phenoxy) is 1. The standard InChI is InChI=1S/C15H19NO4S/c17-13(16-15(14(18)19)7-1-2-8-15)12-6-5-11(21-12)10-4-3-9-20-10/h5-6,10H,1-4,7-9H2,(H,16,17)(H,18,19)/t10-/m1/s1. The monoisotopic (exact) mass is 309 g/mol. The van der Waals surface area contributed by atoms with Crippen LogP contribution in [-0.2, 0) is 9.53 Å². The Morgan fingerprint density at radius 2 is 2.05 bits per heavy atom. The summed E-state index contributed by atoms with van der Waals surface area (Å²) in [5, 5.41) is 12.1. The van der Waals surface area contributed by atoms with Crippen molar-refractivity contribution in [1.29, 1.82) is 0 Å². The second kappa shape index (κ2) is 5.77. The molecule has 1 amide bonds. The van der Waals surface area contributed by atoms with Crippen LogP contribution < -0.4 is 5.32 Å². The van der Waals surface area contributed by atoms with Gasteiger partial charge in [0.05, 0.1) is 11.0 Å². The summed E-state index contributed by atoms with van der Waals surface area (Å²) in [6.07, 6.45) is 4.84. The third-order valence-corrected chi connectivity index (χ3v) is 5.49. The Kier molecular flexibility index (Phi) is 3.99. The van der Waals surface area contributed by atoms with Crippen molar-refractivity contribution in [2.75, 3.05) is 6.61 Å². The zero-order valence-electron chi connectivity index (χ0n) is 11.8. The van der Waals surface area contributed by atoms with E-state index in [4.69, 9.17) is 4.74 Å². The third kappa shape index (κ3) is 2.82. The Hall–Kier alpha value is -1.40. The maximum absolute atomic E-state index is 12.3. The van der Waals surface area contributed by atoms with Gasteiger partial charge in [-0.25, -0.2) is 4.79 Å². The number of carbonyl (C=O) groups is 2. The zero-order valence-corrected chi connectivity index (χ0v) is 12.6. The quantitative estimate of drug-likeness (QED) is 0.896. The lowest BCUT2D eigenvalue weighted by Crippen LogP contribution is -2.52. The Morgan fingerprint density at radius 3 is 2.67 bits per heavy atom. The maximum atomic E-state index is 12.3. The average Bonchev–Trinajstić information content (AvgIpc) is 3.20. The molecule has 1 saturated heterocycles. The van der Waals surface area contributed by atoms with Crippen LogP contribution in [0, 0.1) is 0 Å². The van der Waals surface area contributed by atoms with Crippen LogP contribution >= 0.6 is 11.3 Å². The molecule has 21 heavy (non-hydrogen) atoms. The van der Waals surface area contributed by atoms with Gasteiger partial charge in [-0.05, 0) is 37.8 Å². The summed E-state index contributed by atoms with van der Waals surface area (Å²) < 4.78 is 5.61. The van der Waals surface area contributed by atoms with Crippen molar-refractivity contribution in [3.63, 3.8) is 0 Å². The van der Waals surface area contributed by atoms with E-state index in [1.807, 2.05) is 6.07 Å². The Morgan fingerprint density at radius 1 is 1.29 bits per heavy atom. The van der Waals surface area contributed by atoms with Gasteiger partial charge in [-0.2, -0.15) is 0 Å². The summed E-state index contributed by atoms with van der Waals surface area (Å²) in [5.74, 6) is -1.21. The number of carboxylic acids is 1. The highest BCUT2D eigenvalue weighted by Crippen LogP contribution is 2.34. The molecule has 2 aliphatic rings. The Labute approximate surface area is 127 Å². The van der Waals surface area contributed by atoms with E-state index >= 15 is 0 Å². The molecule has 1 atom stereocenters. The number of hydrogen-bond acceptors (Lipinski definition) is 4. The summed E-state index contributed by atoms with van der Waals surface area (Å²) in [4.78, 5) is 25.4. The fourth-order valence-electron chi connectivity index (χ4n) is 3.10. The van der Waals surface area contributed by atoms with Crippen LogP contribution in [0.4, 0.5) is 0 Å². The summed E-state index contributed by atoms with van der Waals surface area (Å²) >= 11 is 1.40. The molecule has 0 bridgehead atoms. The molecule has 1 aromatic heterocycles. The van der Waals surface area contributed by atoms with Gasteiger partial charge in [0.15, 0.2) is 0 Å². The van der Waals surface area contributed by atoms with Gasteiger partial charge in [0.25, 0.3) is 5.91 Å². The molecule has 1 saturated carbocycles. The first-order valence-electron chi connectivity index (χ1n) is 7.38. The normalized spacial score (nSPS) is 24.1. The first-order valence-corrected chi connectivity index (χ1v) is 8.20. The van der Waals surface area contributed by atoms with E-state index < -0.39 is 11.5 Å². The number of carbonyl (C=O) groups excluding carboxylic acids is 1. The molecule has 2 fully saturated rings. The van der Waals surface area contributed by atoms with Crippen LogP contribution in [0.25, 0.3) is 0 Å². The lowest BCUT2D eigenvalue weighted by atomic mass is 9.98. The van der Waals surface area contributed by atoms with Crippen molar-refractivity contribution in [3.05, 3.63) is 21.9 Å². The number of hydrogen-bond donors (Lipinski definition) is 2. The maximum Gasteiger partial charge on any atom is 0.329 e. The Balaban J connectivity index is 1.71. The highest BCUT2D eigenvalue weighted by Gasteiger charge is 2.42. The number of thiophene rings is 1. The fourth-order valence-corrected chi connectivity index (χ4v) is 4.09. The molecule has 114 valence electrons. The highest BCUT2D eigenvalue weighted by atomic mass is 32.1. The van der Waals surface area contributed by atoms with Crippen molar-refractivity contribution in [2.45, 2.75) is 50.2 Å². The molecule has 0 aromatic carbocycles. The van der Waals surface area contributed by atoms with Crippen molar-refractivity contribution in [1.82, 2.24) is 5.32 Å². The zero-order chi connectivity index (χ0) is 14.9. The second-order valence-corrected chi connectivity index (χ2v) is 6.87. The smallest absolute Gasteiger partial charge is 0.329 e. The van der Waals surface area contributed by atoms with Gasteiger partial charge in [0.1, 0.15) is 5.54 Å². The number of amides is 1. The molecule has 0 unspecified atom stereocenters. The first kappa shape index (κ1) is 14.5. The summed E-state index contributed by atoms with van der Waals surface area (Å²) in [7, 11) is 0. The van der Waals surface area contributed by atoms with E-state index in [2.05, 4.69) is 5.32 Å². The van der Waals surface area contributed by atoms with Crippen LogP contribution in [0.1, 0.15) is 59.2 Å². The molecular formula is C15H19NO4S. The van der Waals surface area contributed by atoms with Gasteiger partial charge < -0.3 is 15.2 Å². The predicted molar refractivity (Wildman–Crippen MR) is 78.5 cm³/mol. The van der Waals surface area contributed by atoms with E-state index in [0.717, 1.165) is 37.2 Å². The van der Waals surface area contributed by atoms with Crippen molar-refractivity contribution in [3.8, 4) is 0 Å². The van der Waals surface area contributed by atoms with Crippen molar-refractivity contribution < 1.29 is 19.4 Å². The minimum Gasteiger partial charge on any atom is -0.480 e. The molecule has 2 heterocycles. The molecule has 1 aromatic rings. The third-order valence-electron chi connectivity index (χ3n) is 4.32. The van der Waals surface area contributed by atoms with Gasteiger partial charge >= 0.3 is 5.97 Å². The van der Waals surface area contributed by atoms with Crippen LogP contribution in [0.15, 0.2) is 12.1 Å². The molecule has 6 heteroatoms. The van der Waals surface area contributed by atoms with Crippen LogP contribution in [0.5, 0.6) is 0 Å². The predicted octanol–water partition coefficient (Wildman–Crippen LogP) is 2.73. The summed E-state index contributed by atoms with van der Waals surface area (Å²) in [6.45, 7) is 0.770. The van der Waals surface area contributed by atoms with Crippen molar-refractivity contribution >= 4 is 23.2 Å². The number of nitrogens with one attached hydrogen (secondary N) is 1. The van der Waals surface area contributed by atoms with E-state index in [-0.39, 0.29) is 12.0 Å². The van der Waals surface area contributed by atoms with Gasteiger partial charge in [0.2, 0.25) is 0 Å². The summed E-state index contributed by atoms with van der Waals surface area (Å²) in [6, 6.07) is 3.68. The first-order chi connectivity index (χ1) is 10.1. The van der Waals surface area contributed by atoms with E-state index in [0.29, 0.717) is 17.7 Å². The van der Waals surface area contributed by atoms with Gasteiger partial charge in [-0.1, -0.05) is 12.8 Å². The molecule has 5 nitrogen and oxygen atoms in total. The lowest BCUT2D eigenvalue weighted by Gasteiger charge is -2.24. The molecule has 2 N–H and O–H groups in total. The largest absolute Gasteiger partial charge is 0.480 e. The fraction of sp³-hybridized carbons (Fsp3) is 0.600. The molecule has 0 spiro atoms. The van der Waals surface area contributed by atoms with E-state index in [1.54, 1.807) is 6.07 Å². The van der Waals surface area contributed by atoms with Gasteiger partial charge in [-0.15, -0.1) is 11.3 Å². The number of aliphatic carboxylic acids is 1. The average molecular weight is 309 g/mol. The topological polar surface area (TPSA) is 75.6 Å². The molecule has 1 aliphatic carbocycles. The number of rotatable bonds is 4. The molecular weight excluding hydrogens is 290 g/mol. The SMILES string of the molecule is O=C(NC1(C(=O)O)CCCC1)c1ccc([C@H]2CCCO2)s1. The van der Waals surface area contributed by atoms with E-state index in [9.17, 15) is 14.7 Å². The lowest BCUT2D eigenvalue weighted by molar-refractivity contribution is -0.144. The number of carboxylic acid groups (broad SMARTS) is 1. The second-order valence-electron chi connectivity index (χ2n) is 5.75. The minimum absolute atomic E-state index is 0.0939. The van der Waals surface area contributed by atoms with Crippen molar-refractivity contribution in [2.24, 2.45) is 0 Å². The Bertz CT molecular complexity index is 542. The minimum atomic E-state index is -1.08. The van der Waals surface area contributed by atoms with Crippen LogP contribution in [-0.4, -0.2) is 29.1 Å². The van der Waals surface area contributed by atoms with Crippen LogP contribution in [0.3, 0.4) is 0 Å². The van der Waals surface area contributed by atoms with Crippen LogP contribution in [0.2, 0.25) is 0 Å². The molecule has 3 rings (SSSR count). The van der Waals surface area contributed by atoms with E-state index in [1.165, 1.54) is 11.3 Å². The summed E-state index contributed by atoms with van der Waals surface area (Å²) in [5.41, 5.74) is -1.08. The molecule has 0 radical (unpaired) electrons. The highest BCUT2D eigenvalue weighted by molar-refractivity contribution is 7.14. The van der Waals surface area contributed by atoms with Gasteiger partial charge in [0, 0.05) is 11.5 Å². The molecule has 1 aliphatic heterocycles. The van der Waals surface area contributed by atoms with Gasteiger partial charge in [-0.3, -0.25) is 4.79 Å².